The predicted molar refractivity (Wildman–Crippen MR) is 129 cm³/mol. The fourth-order valence-electron chi connectivity index (χ4n) is 3.79. The fraction of sp³-hybridized carbons (Fsp3) is 0.375. The van der Waals surface area contributed by atoms with Gasteiger partial charge in [-0.15, -0.1) is 5.14 Å². The summed E-state index contributed by atoms with van der Waals surface area (Å²) in [6.45, 7) is 3.70. The molecule has 0 aliphatic heterocycles. The number of nitrogens with zero attached hydrogens (tertiary/aromatic N) is 3. The Labute approximate surface area is 214 Å². The molecule has 0 radical (unpaired) electrons. The first-order chi connectivity index (χ1) is 17.3. The van der Waals surface area contributed by atoms with E-state index in [0.29, 0.717) is 10.5 Å². The van der Waals surface area contributed by atoms with Crippen LogP contribution in [0.15, 0.2) is 41.7 Å². The normalized spacial score (nSPS) is 12.7. The summed E-state index contributed by atoms with van der Waals surface area (Å²) in [6.07, 6.45) is 3.79. The maximum absolute atomic E-state index is 15.1. The number of nitrogens with two attached hydrogens (primary N) is 1. The maximum atomic E-state index is 15.1. The van der Waals surface area contributed by atoms with Crippen LogP contribution in [0.1, 0.15) is 44.7 Å². The average Bonchev–Trinajstić information content (AvgIpc) is 3.31. The number of aromatic nitrogens is 3. The Hall–Kier alpha value is -3.29. The molecule has 0 amide bonds. The largest absolute Gasteiger partial charge is 0.593 e. The number of halogens is 3. The standard InChI is InChI=1S/C24H27F3N4O5S/c1-13(2)21-17(9-20(32)33)16(8-18(22(21)25)36-23(26)27)14-5-6-29-19(7-14)35-12-24(3,4)31-11-15(10-30-31)37(28)34/h5-8,10-11,13,23H,9,12,28H2,1-4H3,(H,32,33). The highest BCUT2D eigenvalue weighted by molar-refractivity contribution is 7.89. The smallest absolute Gasteiger partial charge is 0.387 e. The topological polar surface area (TPSA) is 136 Å². The third-order valence-electron chi connectivity index (χ3n) is 5.53. The first kappa shape index (κ1) is 28.3. The van der Waals surface area contributed by atoms with Crippen LogP contribution in [-0.2, 0) is 28.1 Å². The van der Waals surface area contributed by atoms with Gasteiger partial charge in [-0.3, -0.25) is 9.48 Å². The number of hydrogen-bond acceptors (Lipinski definition) is 7. The minimum atomic E-state index is -3.27. The Bertz CT molecular complexity index is 1270. The SMILES string of the molecule is CC(C)c1c(F)c(OC(F)F)cc(-c2ccnc(OCC(C)(C)n3cc([S+](N)[O-])cn3)c2)c1CC(=O)O. The molecule has 37 heavy (non-hydrogen) atoms. The van der Waals surface area contributed by atoms with Gasteiger partial charge in [0.2, 0.25) is 10.8 Å². The second kappa shape index (κ2) is 11.4. The van der Waals surface area contributed by atoms with E-state index in [2.05, 4.69) is 14.8 Å². The van der Waals surface area contributed by atoms with Crippen molar-refractivity contribution in [1.29, 1.82) is 0 Å². The number of rotatable bonds is 11. The Kier molecular flexibility index (Phi) is 8.72. The molecule has 13 heteroatoms. The number of benzene rings is 1. The molecule has 3 rings (SSSR count). The second-order valence-electron chi connectivity index (χ2n) is 9.13. The molecule has 1 unspecified atom stereocenters. The van der Waals surface area contributed by atoms with Crippen LogP contribution < -0.4 is 14.6 Å². The van der Waals surface area contributed by atoms with E-state index >= 15 is 4.39 Å². The number of aliphatic carboxylic acids is 1. The molecule has 1 aromatic carbocycles. The molecule has 0 bridgehead atoms. The summed E-state index contributed by atoms with van der Waals surface area (Å²) in [5.74, 6) is -3.30. The van der Waals surface area contributed by atoms with Gasteiger partial charge in [-0.25, -0.2) is 9.37 Å². The zero-order valence-corrected chi connectivity index (χ0v) is 21.4. The third kappa shape index (κ3) is 6.73. The molecule has 0 aliphatic rings. The van der Waals surface area contributed by atoms with E-state index in [1.165, 1.54) is 30.7 Å². The van der Waals surface area contributed by atoms with Crippen molar-refractivity contribution in [3.05, 3.63) is 53.7 Å². The molecule has 0 spiro atoms. The van der Waals surface area contributed by atoms with Crippen molar-refractivity contribution in [1.82, 2.24) is 14.8 Å². The Balaban J connectivity index is 2.00. The minimum absolute atomic E-state index is 0.0252. The summed E-state index contributed by atoms with van der Waals surface area (Å²) < 4.78 is 64.4. The summed E-state index contributed by atoms with van der Waals surface area (Å²) in [5, 5.41) is 19.0. The van der Waals surface area contributed by atoms with Gasteiger partial charge in [0.05, 0.1) is 29.5 Å². The number of carboxylic acid groups (broad SMARTS) is 1. The van der Waals surface area contributed by atoms with Gasteiger partial charge in [0.25, 0.3) is 0 Å². The molecular formula is C24H27F3N4O5S. The molecule has 3 aromatic rings. The van der Waals surface area contributed by atoms with Crippen LogP contribution in [0.3, 0.4) is 0 Å². The van der Waals surface area contributed by atoms with Crippen LogP contribution in [0.5, 0.6) is 11.6 Å². The molecule has 2 heterocycles. The lowest BCUT2D eigenvalue weighted by atomic mass is 9.87. The van der Waals surface area contributed by atoms with Crippen LogP contribution in [0.2, 0.25) is 0 Å². The van der Waals surface area contributed by atoms with Crippen LogP contribution >= 0.6 is 0 Å². The molecule has 200 valence electrons. The lowest BCUT2D eigenvalue weighted by molar-refractivity contribution is -0.136. The van der Waals surface area contributed by atoms with E-state index < -0.39 is 53.4 Å². The number of carboxylic acids is 1. The van der Waals surface area contributed by atoms with Crippen LogP contribution in [-0.4, -0.2) is 43.6 Å². The highest BCUT2D eigenvalue weighted by atomic mass is 32.2. The van der Waals surface area contributed by atoms with E-state index in [0.717, 1.165) is 6.07 Å². The van der Waals surface area contributed by atoms with Crippen LogP contribution in [0.4, 0.5) is 13.2 Å². The van der Waals surface area contributed by atoms with Crippen molar-refractivity contribution in [2.75, 3.05) is 6.61 Å². The molecule has 0 aliphatic carbocycles. The fourth-order valence-corrected chi connectivity index (χ4v) is 4.14. The van der Waals surface area contributed by atoms with E-state index in [9.17, 15) is 23.2 Å². The summed E-state index contributed by atoms with van der Waals surface area (Å²) in [5.41, 5.74) is -0.0135. The second-order valence-corrected chi connectivity index (χ2v) is 10.2. The van der Waals surface area contributed by atoms with E-state index in [1.54, 1.807) is 18.5 Å². The van der Waals surface area contributed by atoms with Crippen molar-refractivity contribution in [2.24, 2.45) is 5.14 Å². The van der Waals surface area contributed by atoms with Gasteiger partial charge < -0.3 is 19.1 Å². The van der Waals surface area contributed by atoms with E-state index in [-0.39, 0.29) is 29.2 Å². The molecule has 0 fully saturated rings. The summed E-state index contributed by atoms with van der Waals surface area (Å²) in [4.78, 5) is 16.1. The van der Waals surface area contributed by atoms with Gasteiger partial charge in [-0.05, 0) is 54.2 Å². The van der Waals surface area contributed by atoms with Crippen molar-refractivity contribution < 1.29 is 37.1 Å². The van der Waals surface area contributed by atoms with Crippen molar-refractivity contribution in [2.45, 2.75) is 57.1 Å². The zero-order chi connectivity index (χ0) is 27.5. The number of ether oxygens (including phenoxy) is 2. The zero-order valence-electron chi connectivity index (χ0n) is 20.6. The highest BCUT2D eigenvalue weighted by Gasteiger charge is 2.27. The van der Waals surface area contributed by atoms with Gasteiger partial charge in [-0.2, -0.15) is 13.9 Å². The lowest BCUT2D eigenvalue weighted by Gasteiger charge is -2.25. The highest BCUT2D eigenvalue weighted by Crippen LogP contribution is 2.39. The number of carbonyl (C=O) groups is 1. The van der Waals surface area contributed by atoms with E-state index in [4.69, 9.17) is 9.88 Å². The van der Waals surface area contributed by atoms with Gasteiger partial charge in [-0.1, -0.05) is 13.8 Å². The van der Waals surface area contributed by atoms with Crippen molar-refractivity contribution in [3.8, 4) is 22.8 Å². The van der Waals surface area contributed by atoms with Crippen LogP contribution in [0, 0.1) is 5.82 Å². The maximum Gasteiger partial charge on any atom is 0.387 e. The third-order valence-corrected chi connectivity index (χ3v) is 6.21. The van der Waals surface area contributed by atoms with Crippen molar-refractivity contribution in [3.63, 3.8) is 0 Å². The molecule has 9 nitrogen and oxygen atoms in total. The number of pyridine rings is 1. The first-order valence-electron chi connectivity index (χ1n) is 11.1. The molecule has 3 N–H and O–H groups in total. The minimum Gasteiger partial charge on any atom is -0.593 e. The summed E-state index contributed by atoms with van der Waals surface area (Å²) >= 11 is -1.69. The van der Waals surface area contributed by atoms with Gasteiger partial charge in [0, 0.05) is 12.3 Å². The van der Waals surface area contributed by atoms with Crippen molar-refractivity contribution >= 4 is 17.3 Å². The van der Waals surface area contributed by atoms with Gasteiger partial charge >= 0.3 is 12.6 Å². The molecular weight excluding hydrogens is 513 g/mol. The van der Waals surface area contributed by atoms with Gasteiger partial charge in [0.15, 0.2) is 11.6 Å². The Morgan fingerprint density at radius 1 is 1.32 bits per heavy atom. The Morgan fingerprint density at radius 3 is 2.59 bits per heavy atom. The molecule has 1 atom stereocenters. The monoisotopic (exact) mass is 540 g/mol. The number of hydrogen-bond donors (Lipinski definition) is 2. The molecule has 0 saturated carbocycles. The first-order valence-corrected chi connectivity index (χ1v) is 12.3. The Morgan fingerprint density at radius 2 is 2.03 bits per heavy atom. The van der Waals surface area contributed by atoms with Gasteiger partial charge in [0.1, 0.15) is 12.8 Å². The van der Waals surface area contributed by atoms with E-state index in [1.807, 2.05) is 13.8 Å². The number of alkyl halides is 2. The lowest BCUT2D eigenvalue weighted by Crippen LogP contribution is -2.34. The quantitative estimate of drug-likeness (QED) is 0.345. The van der Waals surface area contributed by atoms with Crippen LogP contribution in [0.25, 0.3) is 11.1 Å². The summed E-state index contributed by atoms with van der Waals surface area (Å²) in [6, 6.07) is 4.09. The predicted octanol–water partition coefficient (Wildman–Crippen LogP) is 4.23. The summed E-state index contributed by atoms with van der Waals surface area (Å²) in [7, 11) is 0. The average molecular weight is 541 g/mol. The molecule has 2 aromatic heterocycles. The molecule has 0 saturated heterocycles.